The van der Waals surface area contributed by atoms with Crippen LogP contribution in [0.3, 0.4) is 0 Å². The number of rotatable bonds is 3. The van der Waals surface area contributed by atoms with Crippen molar-refractivity contribution in [3.05, 3.63) is 21.7 Å². The Labute approximate surface area is 112 Å². The molecule has 0 aromatic heterocycles. The molecule has 92 valence electrons. The normalized spacial score (nSPS) is 10.1. The molecule has 1 amide bonds. The quantitative estimate of drug-likeness (QED) is 0.509. The van der Waals surface area contributed by atoms with Crippen LogP contribution in [0.2, 0.25) is 10.0 Å². The minimum absolute atomic E-state index is 0.158. The Balaban J connectivity index is 3.42. The van der Waals surface area contributed by atoms with Crippen molar-refractivity contribution in [1.29, 1.82) is 0 Å². The third kappa shape index (κ3) is 2.96. The fourth-order valence-corrected chi connectivity index (χ4v) is 1.74. The van der Waals surface area contributed by atoms with Crippen LogP contribution in [0.1, 0.15) is 10.4 Å². The van der Waals surface area contributed by atoms with Gasteiger partial charge in [-0.25, -0.2) is 4.79 Å². The lowest BCUT2D eigenvalue weighted by Gasteiger charge is -2.12. The molecule has 0 aliphatic rings. The molecule has 1 rings (SSSR count). The molecule has 1 aromatic carbocycles. The fourth-order valence-electron chi connectivity index (χ4n) is 1.12. The van der Waals surface area contributed by atoms with Gasteiger partial charge < -0.3 is 15.5 Å². The Hall–Kier alpha value is -1.11. The third-order valence-electron chi connectivity index (χ3n) is 1.83. The van der Waals surface area contributed by atoms with E-state index in [0.29, 0.717) is 0 Å². The van der Waals surface area contributed by atoms with E-state index in [1.54, 1.807) is 0 Å². The Morgan fingerprint density at radius 1 is 1.35 bits per heavy atom. The number of carbonyl (C=O) groups excluding carboxylic acids is 1. The molecule has 0 unspecified atom stereocenters. The number of amides is 1. The second-order valence-corrected chi connectivity index (χ2v) is 4.08. The second-order valence-electron chi connectivity index (χ2n) is 2.95. The lowest BCUT2D eigenvalue weighted by atomic mass is 10.1. The van der Waals surface area contributed by atoms with Crippen molar-refractivity contribution in [2.45, 2.75) is 0 Å². The minimum Gasteiger partial charge on any atom is -0.504 e. The predicted molar refractivity (Wildman–Crippen MR) is 67.6 cm³/mol. The van der Waals surface area contributed by atoms with Gasteiger partial charge in [-0.15, -0.1) is 0 Å². The van der Waals surface area contributed by atoms with Gasteiger partial charge in [0.05, 0.1) is 15.8 Å². The van der Waals surface area contributed by atoms with Crippen molar-refractivity contribution in [3.8, 4) is 5.75 Å². The van der Waals surface area contributed by atoms with Crippen molar-refractivity contribution < 1.29 is 19.8 Å². The Kier molecular flexibility index (Phi) is 4.50. The number of carboxylic acids is 1. The van der Waals surface area contributed by atoms with Crippen LogP contribution in [0.5, 0.6) is 5.75 Å². The number of halogens is 2. The summed E-state index contributed by atoms with van der Waals surface area (Å²) in [4.78, 5) is 22.1. The summed E-state index contributed by atoms with van der Waals surface area (Å²) in [6.07, 6.45) is 0. The maximum absolute atomic E-state index is 11.2. The van der Waals surface area contributed by atoms with Gasteiger partial charge in [0.2, 0.25) is 5.91 Å². The molecular weight excluding hydrogens is 289 g/mol. The summed E-state index contributed by atoms with van der Waals surface area (Å²) in [6.45, 7) is 0. The van der Waals surface area contributed by atoms with Crippen LogP contribution in [0.15, 0.2) is 6.07 Å². The lowest BCUT2D eigenvalue weighted by Crippen LogP contribution is -2.16. The summed E-state index contributed by atoms with van der Waals surface area (Å²) in [5.74, 6) is -2.72. The number of nitrogens with one attached hydrogen (secondary N) is 1. The highest BCUT2D eigenvalue weighted by Gasteiger charge is 2.22. The Morgan fingerprint density at radius 3 is 2.41 bits per heavy atom. The van der Waals surface area contributed by atoms with Crippen LogP contribution < -0.4 is 5.32 Å². The fraction of sp³-hybridized carbons (Fsp3) is 0.111. The van der Waals surface area contributed by atoms with Crippen LogP contribution in [0.25, 0.3) is 0 Å². The first-order valence-electron chi connectivity index (χ1n) is 4.23. The van der Waals surface area contributed by atoms with E-state index in [2.05, 4.69) is 17.9 Å². The molecule has 3 N–H and O–H groups in total. The highest BCUT2D eigenvalue weighted by atomic mass is 35.5. The second kappa shape index (κ2) is 5.48. The predicted octanol–water partition coefficient (Wildman–Crippen LogP) is 2.27. The average molecular weight is 296 g/mol. The number of anilines is 1. The van der Waals surface area contributed by atoms with E-state index in [1.807, 2.05) is 0 Å². The molecule has 5 nitrogen and oxygen atoms in total. The van der Waals surface area contributed by atoms with Gasteiger partial charge in [-0.3, -0.25) is 4.79 Å². The average Bonchev–Trinajstić information content (AvgIpc) is 2.24. The number of aromatic hydroxyl groups is 1. The molecule has 0 fully saturated rings. The van der Waals surface area contributed by atoms with E-state index in [9.17, 15) is 14.7 Å². The molecule has 0 heterocycles. The first-order chi connectivity index (χ1) is 7.88. The molecule has 0 radical (unpaired) electrons. The first kappa shape index (κ1) is 14.0. The van der Waals surface area contributed by atoms with E-state index in [0.717, 1.165) is 6.07 Å². The summed E-state index contributed by atoms with van der Waals surface area (Å²) < 4.78 is 0. The zero-order valence-electron chi connectivity index (χ0n) is 8.20. The number of benzene rings is 1. The topological polar surface area (TPSA) is 86.6 Å². The maximum atomic E-state index is 11.2. The van der Waals surface area contributed by atoms with Gasteiger partial charge in [0.25, 0.3) is 0 Å². The number of hydrogen-bond acceptors (Lipinski definition) is 4. The third-order valence-corrected chi connectivity index (χ3v) is 2.70. The zero-order valence-corrected chi connectivity index (χ0v) is 10.6. The van der Waals surface area contributed by atoms with Crippen molar-refractivity contribution in [3.63, 3.8) is 0 Å². The van der Waals surface area contributed by atoms with Crippen molar-refractivity contribution in [2.24, 2.45) is 0 Å². The molecule has 0 atom stereocenters. The summed E-state index contributed by atoms with van der Waals surface area (Å²) in [7, 11) is 0. The Bertz CT molecular complexity index is 492. The minimum atomic E-state index is -1.39. The molecule has 1 aromatic rings. The largest absolute Gasteiger partial charge is 0.504 e. The van der Waals surface area contributed by atoms with Gasteiger partial charge in [0, 0.05) is 0 Å². The molecule has 0 saturated heterocycles. The number of aromatic carboxylic acids is 1. The van der Waals surface area contributed by atoms with Gasteiger partial charge >= 0.3 is 5.97 Å². The maximum Gasteiger partial charge on any atom is 0.339 e. The molecule has 8 heteroatoms. The van der Waals surface area contributed by atoms with E-state index in [1.165, 1.54) is 0 Å². The molecular formula is C9H7Cl2NO4S. The van der Waals surface area contributed by atoms with Crippen LogP contribution in [-0.2, 0) is 4.79 Å². The monoisotopic (exact) mass is 295 g/mol. The highest BCUT2D eigenvalue weighted by molar-refractivity contribution is 7.81. The van der Waals surface area contributed by atoms with Crippen molar-refractivity contribution in [2.75, 3.05) is 11.1 Å². The van der Waals surface area contributed by atoms with Gasteiger partial charge in [-0.05, 0) is 6.07 Å². The first-order valence-corrected chi connectivity index (χ1v) is 5.62. The molecule has 0 saturated carbocycles. The van der Waals surface area contributed by atoms with Gasteiger partial charge in [-0.2, -0.15) is 12.6 Å². The zero-order chi connectivity index (χ0) is 13.2. The van der Waals surface area contributed by atoms with E-state index >= 15 is 0 Å². The van der Waals surface area contributed by atoms with Gasteiger partial charge in [-0.1, -0.05) is 23.2 Å². The smallest absolute Gasteiger partial charge is 0.339 e. The van der Waals surface area contributed by atoms with Crippen LogP contribution in [0, 0.1) is 0 Å². The summed E-state index contributed by atoms with van der Waals surface area (Å²) >= 11 is 15.0. The molecule has 17 heavy (non-hydrogen) atoms. The van der Waals surface area contributed by atoms with E-state index in [4.69, 9.17) is 28.3 Å². The van der Waals surface area contributed by atoms with Crippen LogP contribution in [0.4, 0.5) is 5.69 Å². The number of thiol groups is 1. The molecule has 0 spiro atoms. The molecule has 0 aliphatic heterocycles. The SMILES string of the molecule is O=C(CS)Nc1c(O)c(Cl)cc(Cl)c1C(=O)O. The molecule has 0 aliphatic carbocycles. The number of phenolic OH excluding ortho intramolecular Hbond substituents is 1. The van der Waals surface area contributed by atoms with Gasteiger partial charge in [0.15, 0.2) is 5.75 Å². The number of hydrogen-bond donors (Lipinski definition) is 4. The number of carbonyl (C=O) groups is 2. The standard InChI is InChI=1S/C9H7Cl2NO4S/c10-3-1-4(11)8(14)7(6(3)9(15)16)12-5(13)2-17/h1,14,17H,2H2,(H,12,13)(H,15,16). The summed E-state index contributed by atoms with van der Waals surface area (Å²) in [5, 5.41) is 20.4. The lowest BCUT2D eigenvalue weighted by molar-refractivity contribution is -0.113. The summed E-state index contributed by atoms with van der Waals surface area (Å²) in [6, 6.07) is 1.08. The molecule has 0 bridgehead atoms. The van der Waals surface area contributed by atoms with Crippen molar-refractivity contribution in [1.82, 2.24) is 0 Å². The number of carboxylic acid groups (broad SMARTS) is 1. The van der Waals surface area contributed by atoms with E-state index in [-0.39, 0.29) is 21.5 Å². The van der Waals surface area contributed by atoms with Crippen LogP contribution in [-0.4, -0.2) is 27.8 Å². The van der Waals surface area contributed by atoms with Gasteiger partial charge in [0.1, 0.15) is 11.3 Å². The Morgan fingerprint density at radius 2 is 1.94 bits per heavy atom. The summed E-state index contributed by atoms with van der Waals surface area (Å²) in [5.41, 5.74) is -0.766. The number of phenols is 1. The van der Waals surface area contributed by atoms with E-state index < -0.39 is 23.2 Å². The van der Waals surface area contributed by atoms with Crippen LogP contribution >= 0.6 is 35.8 Å². The highest BCUT2D eigenvalue weighted by Crippen LogP contribution is 2.39. The van der Waals surface area contributed by atoms with Crippen molar-refractivity contribution >= 4 is 53.4 Å².